The predicted molar refractivity (Wildman–Crippen MR) is 106 cm³/mol. The summed E-state index contributed by atoms with van der Waals surface area (Å²) in [5, 5.41) is 3.06. The van der Waals surface area contributed by atoms with Crippen molar-refractivity contribution < 1.29 is 18.0 Å². The van der Waals surface area contributed by atoms with E-state index in [1.54, 1.807) is 38.1 Å². The first kappa shape index (κ1) is 19.7. The van der Waals surface area contributed by atoms with E-state index < -0.39 is 27.3 Å². The lowest BCUT2D eigenvalue weighted by Gasteiger charge is -2.19. The first-order chi connectivity index (χ1) is 12.5. The molecule has 0 unspecified atom stereocenters. The van der Waals surface area contributed by atoms with Gasteiger partial charge in [0.05, 0.1) is 32.6 Å². The highest BCUT2D eigenvalue weighted by atomic mass is 35.5. The zero-order chi connectivity index (χ0) is 20.0. The van der Waals surface area contributed by atoms with Crippen LogP contribution in [0.5, 0.6) is 0 Å². The standard InChI is InChI=1S/C18H16Cl2N2O4S/c1-18(2)10-27(25,26)22(17(18)24)15-9-11(7-8-13(15)20)16(23)21-14-6-4-3-5-12(14)19/h3-9H,10H2,1-2H3,(H,21,23). The maximum Gasteiger partial charge on any atom is 0.255 e. The molecule has 1 fully saturated rings. The summed E-state index contributed by atoms with van der Waals surface area (Å²) < 4.78 is 25.7. The number of amides is 2. The second kappa shape index (κ2) is 6.82. The van der Waals surface area contributed by atoms with Gasteiger partial charge in [0.15, 0.2) is 0 Å². The summed E-state index contributed by atoms with van der Waals surface area (Å²) in [6.45, 7) is 3.10. The molecule has 0 saturated carbocycles. The zero-order valence-corrected chi connectivity index (χ0v) is 16.8. The Bertz CT molecular complexity index is 1050. The topological polar surface area (TPSA) is 83.6 Å². The van der Waals surface area contributed by atoms with E-state index in [0.717, 1.165) is 0 Å². The van der Waals surface area contributed by atoms with Crippen molar-refractivity contribution in [3.05, 3.63) is 58.1 Å². The summed E-state index contributed by atoms with van der Waals surface area (Å²) in [6.07, 6.45) is 0. The molecule has 2 aromatic rings. The largest absolute Gasteiger partial charge is 0.321 e. The number of nitrogens with one attached hydrogen (secondary N) is 1. The van der Waals surface area contributed by atoms with Gasteiger partial charge in [0.2, 0.25) is 15.9 Å². The van der Waals surface area contributed by atoms with Crippen LogP contribution in [0.25, 0.3) is 0 Å². The van der Waals surface area contributed by atoms with Crippen LogP contribution < -0.4 is 9.62 Å². The Morgan fingerprint density at radius 3 is 2.37 bits per heavy atom. The van der Waals surface area contributed by atoms with Crippen LogP contribution in [0, 0.1) is 5.41 Å². The molecule has 2 aromatic carbocycles. The molecule has 1 aliphatic rings. The quantitative estimate of drug-likeness (QED) is 0.804. The smallest absolute Gasteiger partial charge is 0.255 e. The van der Waals surface area contributed by atoms with E-state index in [-0.39, 0.29) is 22.0 Å². The normalized spacial score (nSPS) is 17.8. The van der Waals surface area contributed by atoms with Crippen LogP contribution in [-0.2, 0) is 14.8 Å². The molecule has 1 heterocycles. The van der Waals surface area contributed by atoms with Gasteiger partial charge in [-0.1, -0.05) is 35.3 Å². The van der Waals surface area contributed by atoms with Gasteiger partial charge in [-0.05, 0) is 44.2 Å². The molecule has 0 atom stereocenters. The number of carbonyl (C=O) groups excluding carboxylic acids is 2. The summed E-state index contributed by atoms with van der Waals surface area (Å²) in [6, 6.07) is 10.8. The first-order valence-corrected chi connectivity index (χ1v) is 10.3. The van der Waals surface area contributed by atoms with E-state index in [1.807, 2.05) is 0 Å². The van der Waals surface area contributed by atoms with Crippen molar-refractivity contribution in [1.82, 2.24) is 0 Å². The van der Waals surface area contributed by atoms with Crippen molar-refractivity contribution in [3.8, 4) is 0 Å². The zero-order valence-electron chi connectivity index (χ0n) is 14.5. The SMILES string of the molecule is CC1(C)CS(=O)(=O)N(c2cc(C(=O)Nc3ccccc3Cl)ccc2Cl)C1=O. The molecule has 2 amide bonds. The fraction of sp³-hybridized carbons (Fsp3) is 0.222. The molecule has 9 heteroatoms. The van der Waals surface area contributed by atoms with Crippen LogP contribution in [0.4, 0.5) is 11.4 Å². The number of para-hydroxylation sites is 1. The van der Waals surface area contributed by atoms with Gasteiger partial charge >= 0.3 is 0 Å². The van der Waals surface area contributed by atoms with Crippen molar-refractivity contribution in [2.45, 2.75) is 13.8 Å². The molecule has 0 radical (unpaired) electrons. The van der Waals surface area contributed by atoms with E-state index in [4.69, 9.17) is 23.2 Å². The van der Waals surface area contributed by atoms with Crippen LogP contribution in [0.3, 0.4) is 0 Å². The highest BCUT2D eigenvalue weighted by molar-refractivity contribution is 7.94. The minimum atomic E-state index is -3.88. The molecule has 1 N–H and O–H groups in total. The van der Waals surface area contributed by atoms with Crippen LogP contribution in [0.2, 0.25) is 10.0 Å². The molecule has 0 bridgehead atoms. The van der Waals surface area contributed by atoms with E-state index >= 15 is 0 Å². The Balaban J connectivity index is 1.99. The molecule has 0 spiro atoms. The third kappa shape index (κ3) is 3.67. The van der Waals surface area contributed by atoms with Crippen LogP contribution >= 0.6 is 23.2 Å². The Morgan fingerprint density at radius 2 is 1.78 bits per heavy atom. The molecule has 3 rings (SSSR count). The maximum atomic E-state index is 12.6. The highest BCUT2D eigenvalue weighted by Crippen LogP contribution is 2.39. The van der Waals surface area contributed by atoms with Gasteiger partial charge in [0.25, 0.3) is 5.91 Å². The predicted octanol–water partition coefficient (Wildman–Crippen LogP) is 3.95. The van der Waals surface area contributed by atoms with E-state index in [9.17, 15) is 18.0 Å². The average molecular weight is 427 g/mol. The van der Waals surface area contributed by atoms with E-state index in [2.05, 4.69) is 5.32 Å². The highest BCUT2D eigenvalue weighted by Gasteiger charge is 2.50. The number of halogens is 2. The van der Waals surface area contributed by atoms with E-state index in [1.165, 1.54) is 18.2 Å². The van der Waals surface area contributed by atoms with Crippen LogP contribution in [-0.4, -0.2) is 26.0 Å². The minimum absolute atomic E-state index is 0.0425. The number of carbonyl (C=O) groups is 2. The average Bonchev–Trinajstić information content (AvgIpc) is 2.73. The third-order valence-electron chi connectivity index (χ3n) is 4.13. The molecule has 142 valence electrons. The fourth-order valence-corrected chi connectivity index (χ4v) is 5.36. The summed E-state index contributed by atoms with van der Waals surface area (Å²) >= 11 is 12.2. The second-order valence-corrected chi connectivity index (χ2v) is 9.44. The van der Waals surface area contributed by atoms with Crippen LogP contribution in [0.15, 0.2) is 42.5 Å². The van der Waals surface area contributed by atoms with Crippen molar-refractivity contribution >= 4 is 56.4 Å². The lowest BCUT2D eigenvalue weighted by atomic mass is 9.95. The van der Waals surface area contributed by atoms with Gasteiger partial charge in [-0.2, -0.15) is 0 Å². The second-order valence-electron chi connectivity index (χ2n) is 6.81. The first-order valence-electron chi connectivity index (χ1n) is 7.96. The van der Waals surface area contributed by atoms with Gasteiger partial charge < -0.3 is 5.32 Å². The minimum Gasteiger partial charge on any atom is -0.321 e. The Labute approximate surface area is 167 Å². The molecule has 1 aliphatic heterocycles. The number of sulfonamides is 1. The summed E-state index contributed by atoms with van der Waals surface area (Å²) in [7, 11) is -3.88. The fourth-order valence-electron chi connectivity index (χ4n) is 2.81. The summed E-state index contributed by atoms with van der Waals surface area (Å²) in [4.78, 5) is 25.1. The Hall–Kier alpha value is -2.09. The van der Waals surface area contributed by atoms with Gasteiger partial charge in [0, 0.05) is 5.56 Å². The van der Waals surface area contributed by atoms with Crippen molar-refractivity contribution in [2.24, 2.45) is 5.41 Å². The monoisotopic (exact) mass is 426 g/mol. The molecule has 0 aromatic heterocycles. The summed E-state index contributed by atoms with van der Waals surface area (Å²) in [5.74, 6) is -1.43. The lowest BCUT2D eigenvalue weighted by Crippen LogP contribution is -2.33. The molecular weight excluding hydrogens is 411 g/mol. The molecule has 1 saturated heterocycles. The molecule has 6 nitrogen and oxygen atoms in total. The van der Waals surface area contributed by atoms with Crippen molar-refractivity contribution in [2.75, 3.05) is 15.4 Å². The van der Waals surface area contributed by atoms with Crippen LogP contribution in [0.1, 0.15) is 24.2 Å². The number of rotatable bonds is 3. The lowest BCUT2D eigenvalue weighted by molar-refractivity contribution is -0.123. The number of hydrogen-bond acceptors (Lipinski definition) is 4. The molecular formula is C18H16Cl2N2O4S. The van der Waals surface area contributed by atoms with Gasteiger partial charge in [0.1, 0.15) is 0 Å². The van der Waals surface area contributed by atoms with Crippen molar-refractivity contribution in [3.63, 3.8) is 0 Å². The maximum absolute atomic E-state index is 12.6. The summed E-state index contributed by atoms with van der Waals surface area (Å²) in [5.41, 5.74) is -0.564. The van der Waals surface area contributed by atoms with Gasteiger partial charge in [-0.25, -0.2) is 12.7 Å². The number of anilines is 2. The Kier molecular flexibility index (Phi) is 4.96. The molecule has 0 aliphatic carbocycles. The molecule has 27 heavy (non-hydrogen) atoms. The van der Waals surface area contributed by atoms with Gasteiger partial charge in [-0.3, -0.25) is 9.59 Å². The Morgan fingerprint density at radius 1 is 1.11 bits per heavy atom. The van der Waals surface area contributed by atoms with Crippen molar-refractivity contribution in [1.29, 1.82) is 0 Å². The third-order valence-corrected chi connectivity index (χ3v) is 6.79. The number of nitrogens with zero attached hydrogens (tertiary/aromatic N) is 1. The number of hydrogen-bond donors (Lipinski definition) is 1. The van der Waals surface area contributed by atoms with Gasteiger partial charge in [-0.15, -0.1) is 0 Å². The number of benzene rings is 2. The van der Waals surface area contributed by atoms with E-state index in [0.29, 0.717) is 15.0 Å².